The lowest BCUT2D eigenvalue weighted by molar-refractivity contribution is -0.123. The Morgan fingerprint density at radius 1 is 1.23 bits per heavy atom. The molecule has 0 bridgehead atoms. The first-order valence-electron chi connectivity index (χ1n) is 8.29. The number of ether oxygens (including phenoxy) is 3. The van der Waals surface area contributed by atoms with Crippen LogP contribution >= 0.6 is 11.6 Å². The number of hydrogen-bond acceptors (Lipinski definition) is 4. The van der Waals surface area contributed by atoms with E-state index in [0.717, 1.165) is 12.0 Å². The maximum Gasteiger partial charge on any atom is 0.258 e. The van der Waals surface area contributed by atoms with Crippen LogP contribution < -0.4 is 19.5 Å². The van der Waals surface area contributed by atoms with Gasteiger partial charge in [-0.2, -0.15) is 0 Å². The molecule has 0 saturated heterocycles. The third-order valence-corrected chi connectivity index (χ3v) is 4.20. The van der Waals surface area contributed by atoms with Crippen LogP contribution in [0.2, 0.25) is 5.02 Å². The van der Waals surface area contributed by atoms with Crippen molar-refractivity contribution in [1.82, 2.24) is 5.32 Å². The highest BCUT2D eigenvalue weighted by Gasteiger charge is 2.15. The Morgan fingerprint density at radius 3 is 2.77 bits per heavy atom. The highest BCUT2D eigenvalue weighted by molar-refractivity contribution is 6.30. The van der Waals surface area contributed by atoms with E-state index in [2.05, 4.69) is 5.32 Å². The molecule has 0 spiro atoms. The lowest BCUT2D eigenvalue weighted by Gasteiger charge is -2.17. The van der Waals surface area contributed by atoms with E-state index in [1.54, 1.807) is 0 Å². The summed E-state index contributed by atoms with van der Waals surface area (Å²) in [6.45, 7) is 2.90. The number of fused-ring (bicyclic) bond motifs is 1. The first-order chi connectivity index (χ1) is 12.5. The second-order valence-corrected chi connectivity index (χ2v) is 6.32. The number of carbonyl (C=O) groups excluding carboxylic acids is 1. The molecule has 5 nitrogen and oxygen atoms in total. The molecule has 2 aromatic carbocycles. The molecule has 0 saturated carbocycles. The molecule has 1 aliphatic heterocycles. The summed E-state index contributed by atoms with van der Waals surface area (Å²) in [7, 11) is 0. The molecule has 1 N–H and O–H groups in total. The molecule has 26 heavy (non-hydrogen) atoms. The molecule has 1 aliphatic rings. The zero-order valence-electron chi connectivity index (χ0n) is 14.3. The molecule has 0 fully saturated rings. The van der Waals surface area contributed by atoms with E-state index in [4.69, 9.17) is 25.8 Å². The van der Waals surface area contributed by atoms with Crippen LogP contribution in [0.1, 0.15) is 24.9 Å². The molecule has 1 heterocycles. The van der Waals surface area contributed by atoms with E-state index >= 15 is 0 Å². The summed E-state index contributed by atoms with van der Waals surface area (Å²) < 4.78 is 29.7. The highest BCUT2D eigenvalue weighted by atomic mass is 35.5. The SMILES string of the molecule is C[C@H](NC(=O)COc1ccc(F)c(Cl)c1)c1ccc2c(c1)OCCCO2. The summed E-state index contributed by atoms with van der Waals surface area (Å²) in [4.78, 5) is 12.1. The summed E-state index contributed by atoms with van der Waals surface area (Å²) in [6.07, 6.45) is 0.834. The van der Waals surface area contributed by atoms with Crippen LogP contribution in [-0.4, -0.2) is 25.7 Å². The van der Waals surface area contributed by atoms with E-state index < -0.39 is 5.82 Å². The van der Waals surface area contributed by atoms with Gasteiger partial charge in [-0.1, -0.05) is 17.7 Å². The van der Waals surface area contributed by atoms with Crippen molar-refractivity contribution in [2.45, 2.75) is 19.4 Å². The first-order valence-corrected chi connectivity index (χ1v) is 8.67. The number of benzene rings is 2. The number of halogens is 2. The monoisotopic (exact) mass is 379 g/mol. The molecule has 138 valence electrons. The van der Waals surface area contributed by atoms with E-state index in [1.807, 2.05) is 25.1 Å². The van der Waals surface area contributed by atoms with Crippen LogP contribution in [-0.2, 0) is 4.79 Å². The number of carbonyl (C=O) groups is 1. The molecule has 1 amide bonds. The minimum absolute atomic E-state index is 0.0523. The molecule has 3 rings (SSSR count). The summed E-state index contributed by atoms with van der Waals surface area (Å²) in [6, 6.07) is 9.30. The predicted octanol–water partition coefficient (Wildman–Crippen LogP) is 3.90. The van der Waals surface area contributed by atoms with Gasteiger partial charge in [0.15, 0.2) is 18.1 Å². The molecule has 1 atom stereocenters. The summed E-state index contributed by atoms with van der Waals surface area (Å²) in [5, 5.41) is 2.80. The first kappa shape index (κ1) is 18.3. The van der Waals surface area contributed by atoms with Gasteiger partial charge in [0.1, 0.15) is 11.6 Å². The Labute approximate surface area is 156 Å². The number of hydrogen-bond donors (Lipinski definition) is 1. The molecule has 0 aliphatic carbocycles. The van der Waals surface area contributed by atoms with Crippen molar-refractivity contribution in [2.24, 2.45) is 0 Å². The Kier molecular flexibility index (Phi) is 5.83. The Morgan fingerprint density at radius 2 is 2.00 bits per heavy atom. The number of amides is 1. The predicted molar refractivity (Wildman–Crippen MR) is 95.5 cm³/mol. The molecular formula is C19H19ClFNO4. The van der Waals surface area contributed by atoms with Crippen molar-refractivity contribution in [3.8, 4) is 17.2 Å². The highest BCUT2D eigenvalue weighted by Crippen LogP contribution is 2.32. The summed E-state index contributed by atoms with van der Waals surface area (Å²) >= 11 is 5.69. The topological polar surface area (TPSA) is 56.8 Å². The van der Waals surface area contributed by atoms with Gasteiger partial charge in [-0.15, -0.1) is 0 Å². The van der Waals surface area contributed by atoms with Crippen molar-refractivity contribution in [2.75, 3.05) is 19.8 Å². The van der Waals surface area contributed by atoms with Crippen LogP contribution in [0.4, 0.5) is 4.39 Å². The van der Waals surface area contributed by atoms with Crippen LogP contribution in [0.3, 0.4) is 0 Å². The van der Waals surface area contributed by atoms with E-state index in [-0.39, 0.29) is 23.6 Å². The van der Waals surface area contributed by atoms with Crippen LogP contribution in [0, 0.1) is 5.82 Å². The minimum atomic E-state index is -0.536. The van der Waals surface area contributed by atoms with E-state index in [1.165, 1.54) is 18.2 Å². The standard InChI is InChI=1S/C19H19ClFNO4/c1-12(13-3-6-17-18(9-13)25-8-2-7-24-17)22-19(23)11-26-14-4-5-16(21)15(20)10-14/h3-6,9-10,12H,2,7-8,11H2,1H3,(H,22,23)/t12-/m0/s1. The van der Waals surface area contributed by atoms with Gasteiger partial charge in [-0.3, -0.25) is 4.79 Å². The second kappa shape index (κ2) is 8.27. The fourth-order valence-corrected chi connectivity index (χ4v) is 2.70. The fraction of sp³-hybridized carbons (Fsp3) is 0.316. The van der Waals surface area contributed by atoms with Gasteiger partial charge in [-0.05, 0) is 36.8 Å². The normalized spacial score (nSPS) is 14.3. The fourth-order valence-electron chi connectivity index (χ4n) is 2.53. The molecule has 7 heteroatoms. The second-order valence-electron chi connectivity index (χ2n) is 5.91. The van der Waals surface area contributed by atoms with E-state index in [9.17, 15) is 9.18 Å². The van der Waals surface area contributed by atoms with Crippen molar-refractivity contribution >= 4 is 17.5 Å². The van der Waals surface area contributed by atoms with Crippen LogP contribution in [0.25, 0.3) is 0 Å². The zero-order chi connectivity index (χ0) is 18.5. The van der Waals surface area contributed by atoms with Gasteiger partial charge in [0.05, 0.1) is 24.3 Å². The Balaban J connectivity index is 1.57. The van der Waals surface area contributed by atoms with Crippen LogP contribution in [0.5, 0.6) is 17.2 Å². The summed E-state index contributed by atoms with van der Waals surface area (Å²) in [5.74, 6) is 0.881. The average molecular weight is 380 g/mol. The molecule has 0 aromatic heterocycles. The third kappa shape index (κ3) is 4.58. The van der Waals surface area contributed by atoms with E-state index in [0.29, 0.717) is 30.5 Å². The zero-order valence-corrected chi connectivity index (χ0v) is 15.0. The smallest absolute Gasteiger partial charge is 0.258 e. The largest absolute Gasteiger partial charge is 0.490 e. The molecule has 0 unspecified atom stereocenters. The lowest BCUT2D eigenvalue weighted by Crippen LogP contribution is -2.31. The maximum absolute atomic E-state index is 13.1. The van der Waals surface area contributed by atoms with Gasteiger partial charge in [0.2, 0.25) is 0 Å². The van der Waals surface area contributed by atoms with Crippen molar-refractivity contribution in [1.29, 1.82) is 0 Å². The average Bonchev–Trinajstić information content (AvgIpc) is 2.87. The lowest BCUT2D eigenvalue weighted by atomic mass is 10.1. The Hall–Kier alpha value is -2.47. The van der Waals surface area contributed by atoms with Gasteiger partial charge >= 0.3 is 0 Å². The minimum Gasteiger partial charge on any atom is -0.490 e. The number of rotatable bonds is 5. The molecule has 2 aromatic rings. The Bertz CT molecular complexity index is 799. The van der Waals surface area contributed by atoms with Gasteiger partial charge in [-0.25, -0.2) is 4.39 Å². The van der Waals surface area contributed by atoms with Crippen molar-refractivity contribution < 1.29 is 23.4 Å². The van der Waals surface area contributed by atoms with Crippen molar-refractivity contribution in [3.05, 3.63) is 52.8 Å². The molecule has 0 radical (unpaired) electrons. The van der Waals surface area contributed by atoms with Crippen molar-refractivity contribution in [3.63, 3.8) is 0 Å². The summed E-state index contributed by atoms with van der Waals surface area (Å²) in [5.41, 5.74) is 0.896. The maximum atomic E-state index is 13.1. The molecular weight excluding hydrogens is 361 g/mol. The quantitative estimate of drug-likeness (QED) is 0.856. The third-order valence-electron chi connectivity index (χ3n) is 3.91. The van der Waals surface area contributed by atoms with Gasteiger partial charge in [0.25, 0.3) is 5.91 Å². The van der Waals surface area contributed by atoms with Gasteiger partial charge in [0, 0.05) is 12.5 Å². The van der Waals surface area contributed by atoms with Gasteiger partial charge < -0.3 is 19.5 Å². The number of nitrogens with one attached hydrogen (secondary N) is 1. The van der Waals surface area contributed by atoms with Crippen LogP contribution in [0.15, 0.2) is 36.4 Å².